The van der Waals surface area contributed by atoms with Crippen molar-refractivity contribution in [2.24, 2.45) is 5.41 Å². The van der Waals surface area contributed by atoms with E-state index in [9.17, 15) is 36.6 Å². The quantitative estimate of drug-likeness (QED) is 0.236. The first-order valence-electron chi connectivity index (χ1n) is 13.8. The SMILES string of the molecule is CCCC[C@@H]([C@H](O)CNS(=O)(=O)c1ccccn1)N(C(=O)O)C(Cn1cnc(-c2ccc(C(F)(F)F)cc2)c1)C(C)(C)C. The van der Waals surface area contributed by atoms with Crippen LogP contribution in [0, 0.1) is 5.41 Å². The summed E-state index contributed by atoms with van der Waals surface area (Å²) in [6.07, 6.45) is -1.12. The Hall–Kier alpha value is -3.49. The van der Waals surface area contributed by atoms with E-state index < -0.39 is 58.0 Å². The molecule has 0 saturated heterocycles. The van der Waals surface area contributed by atoms with Crippen molar-refractivity contribution in [1.82, 2.24) is 24.2 Å². The van der Waals surface area contributed by atoms with Crippen LogP contribution in [0.4, 0.5) is 18.0 Å². The first-order valence-corrected chi connectivity index (χ1v) is 15.3. The van der Waals surface area contributed by atoms with Crippen LogP contribution in [0.25, 0.3) is 11.3 Å². The van der Waals surface area contributed by atoms with Gasteiger partial charge >= 0.3 is 12.3 Å². The molecule has 0 spiro atoms. The number of carboxylic acid groups (broad SMARTS) is 1. The minimum atomic E-state index is -4.46. The molecule has 0 aliphatic heterocycles. The third-order valence-corrected chi connectivity index (χ3v) is 8.47. The Balaban J connectivity index is 1.88. The smallest absolute Gasteiger partial charge is 0.416 e. The van der Waals surface area contributed by atoms with E-state index in [-0.39, 0.29) is 18.0 Å². The zero-order valence-electron chi connectivity index (χ0n) is 24.5. The van der Waals surface area contributed by atoms with Crippen LogP contribution in [0.1, 0.15) is 52.5 Å². The van der Waals surface area contributed by atoms with Crippen molar-refractivity contribution >= 4 is 16.1 Å². The molecule has 0 bridgehead atoms. The van der Waals surface area contributed by atoms with Crippen molar-refractivity contribution in [3.05, 3.63) is 66.7 Å². The number of imidazole rings is 1. The summed E-state index contributed by atoms with van der Waals surface area (Å²) in [5, 5.41) is 21.4. The number of nitrogens with zero attached hydrogens (tertiary/aromatic N) is 4. The maximum atomic E-state index is 13.0. The van der Waals surface area contributed by atoms with E-state index in [2.05, 4.69) is 14.7 Å². The Morgan fingerprint density at radius 1 is 1.09 bits per heavy atom. The van der Waals surface area contributed by atoms with Gasteiger partial charge in [-0.2, -0.15) is 13.2 Å². The summed E-state index contributed by atoms with van der Waals surface area (Å²) in [7, 11) is -4.05. The highest BCUT2D eigenvalue weighted by Crippen LogP contribution is 2.32. The van der Waals surface area contributed by atoms with Crippen LogP contribution in [0.5, 0.6) is 0 Å². The van der Waals surface area contributed by atoms with Gasteiger partial charge in [-0.25, -0.2) is 27.9 Å². The number of aliphatic hydroxyl groups excluding tert-OH is 1. The van der Waals surface area contributed by atoms with Crippen LogP contribution < -0.4 is 4.72 Å². The Labute approximate surface area is 249 Å². The standard InChI is InChI=1S/C29H38F3N5O5S/c1-5-6-9-23(24(38)16-35-43(41,42)26-10-7-8-15-33-26)37(27(39)40)25(28(2,3)4)18-36-17-22(34-19-36)20-11-13-21(14-12-20)29(30,31)32/h7-8,10-15,17,19,23-25,35,38H,5-6,9,16,18H2,1-4H3,(H,39,40)/t23-,24+,25?/m0/s1. The lowest BCUT2D eigenvalue weighted by Gasteiger charge is -2.44. The number of unbranched alkanes of at least 4 members (excludes halogenated alkanes) is 1. The van der Waals surface area contributed by atoms with E-state index >= 15 is 0 Å². The molecular formula is C29H38F3N5O5S. The first kappa shape index (κ1) is 34.0. The Kier molecular flexibility index (Phi) is 11.0. The summed E-state index contributed by atoms with van der Waals surface area (Å²) in [6.45, 7) is 7.18. The Bertz CT molecular complexity index is 1440. The summed E-state index contributed by atoms with van der Waals surface area (Å²) < 4.78 is 68.4. The number of rotatable bonds is 13. The first-order chi connectivity index (χ1) is 20.0. The van der Waals surface area contributed by atoms with Gasteiger partial charge in [0.2, 0.25) is 0 Å². The molecule has 0 saturated carbocycles. The zero-order chi connectivity index (χ0) is 32.0. The van der Waals surface area contributed by atoms with Crippen LogP contribution in [0.15, 0.2) is 66.2 Å². The number of aromatic nitrogens is 3. The minimum Gasteiger partial charge on any atom is -0.465 e. The second kappa shape index (κ2) is 13.9. The van der Waals surface area contributed by atoms with Crippen LogP contribution in [0.3, 0.4) is 0 Å². The highest BCUT2D eigenvalue weighted by molar-refractivity contribution is 7.89. The maximum Gasteiger partial charge on any atom is 0.416 e. The normalized spacial score (nSPS) is 14.7. The molecule has 1 aromatic carbocycles. The van der Waals surface area contributed by atoms with Gasteiger partial charge < -0.3 is 14.8 Å². The van der Waals surface area contributed by atoms with E-state index in [1.165, 1.54) is 41.7 Å². The van der Waals surface area contributed by atoms with E-state index in [1.807, 2.05) is 27.7 Å². The number of sulfonamides is 1. The third kappa shape index (κ3) is 9.00. The number of benzene rings is 1. The molecular weight excluding hydrogens is 587 g/mol. The largest absolute Gasteiger partial charge is 0.465 e. The molecule has 0 aliphatic rings. The average molecular weight is 626 g/mol. The molecule has 3 N–H and O–H groups in total. The molecule has 3 atom stereocenters. The Morgan fingerprint density at radius 3 is 2.30 bits per heavy atom. The van der Waals surface area contributed by atoms with E-state index in [4.69, 9.17) is 0 Å². The van der Waals surface area contributed by atoms with Crippen LogP contribution >= 0.6 is 0 Å². The van der Waals surface area contributed by atoms with Crippen LogP contribution in [-0.4, -0.2) is 68.9 Å². The second-order valence-corrected chi connectivity index (χ2v) is 13.1. The third-order valence-electron chi connectivity index (χ3n) is 7.13. The molecule has 1 amide bonds. The summed E-state index contributed by atoms with van der Waals surface area (Å²) in [6, 6.07) is 7.33. The molecule has 0 aliphatic carbocycles. The van der Waals surface area contributed by atoms with Gasteiger partial charge in [-0.15, -0.1) is 0 Å². The lowest BCUT2D eigenvalue weighted by Crippen LogP contribution is -2.58. The lowest BCUT2D eigenvalue weighted by atomic mass is 9.83. The number of pyridine rings is 1. The molecule has 43 heavy (non-hydrogen) atoms. The van der Waals surface area contributed by atoms with Gasteiger partial charge in [0.1, 0.15) is 0 Å². The van der Waals surface area contributed by atoms with Gasteiger partial charge in [-0.05, 0) is 36.1 Å². The van der Waals surface area contributed by atoms with Crippen molar-refractivity contribution in [3.8, 4) is 11.3 Å². The predicted octanol–water partition coefficient (Wildman–Crippen LogP) is 5.26. The molecule has 14 heteroatoms. The summed E-state index contributed by atoms with van der Waals surface area (Å²) in [5.41, 5.74) is -0.547. The molecule has 2 aromatic heterocycles. The van der Waals surface area contributed by atoms with E-state index in [0.29, 0.717) is 24.1 Å². The van der Waals surface area contributed by atoms with Crippen LogP contribution in [-0.2, 0) is 22.7 Å². The summed E-state index contributed by atoms with van der Waals surface area (Å²) in [5.74, 6) is 0. The summed E-state index contributed by atoms with van der Waals surface area (Å²) in [4.78, 5) is 22.1. The highest BCUT2D eigenvalue weighted by Gasteiger charge is 2.41. The minimum absolute atomic E-state index is 0.123. The molecule has 1 unspecified atom stereocenters. The number of alkyl halides is 3. The number of hydrogen-bond acceptors (Lipinski definition) is 6. The number of hydrogen-bond donors (Lipinski definition) is 3. The zero-order valence-corrected chi connectivity index (χ0v) is 25.3. The van der Waals surface area contributed by atoms with Gasteiger partial charge in [0.15, 0.2) is 5.03 Å². The maximum absolute atomic E-state index is 13.0. The van der Waals surface area contributed by atoms with E-state index in [0.717, 1.165) is 12.1 Å². The van der Waals surface area contributed by atoms with Gasteiger partial charge in [0, 0.05) is 31.0 Å². The predicted molar refractivity (Wildman–Crippen MR) is 155 cm³/mol. The monoisotopic (exact) mass is 625 g/mol. The van der Waals surface area contributed by atoms with Crippen molar-refractivity contribution in [2.45, 2.75) is 82.9 Å². The van der Waals surface area contributed by atoms with E-state index in [1.54, 1.807) is 16.8 Å². The second-order valence-electron chi connectivity index (χ2n) is 11.4. The molecule has 10 nitrogen and oxygen atoms in total. The van der Waals surface area contributed by atoms with Gasteiger partial charge in [0.05, 0.1) is 35.8 Å². The molecule has 0 fully saturated rings. The topological polar surface area (TPSA) is 138 Å². The summed E-state index contributed by atoms with van der Waals surface area (Å²) >= 11 is 0. The van der Waals surface area contributed by atoms with Crippen molar-refractivity contribution in [3.63, 3.8) is 0 Å². The molecule has 236 valence electrons. The number of nitrogens with one attached hydrogen (secondary N) is 1. The molecule has 3 rings (SSSR count). The van der Waals surface area contributed by atoms with Crippen LogP contribution in [0.2, 0.25) is 0 Å². The van der Waals surface area contributed by atoms with Gasteiger partial charge in [0.25, 0.3) is 10.0 Å². The number of halogens is 3. The number of carbonyl (C=O) groups is 1. The van der Waals surface area contributed by atoms with Gasteiger partial charge in [-0.3, -0.25) is 4.90 Å². The fourth-order valence-corrected chi connectivity index (χ4v) is 5.76. The van der Waals surface area contributed by atoms with Crippen molar-refractivity contribution in [1.29, 1.82) is 0 Å². The lowest BCUT2D eigenvalue weighted by molar-refractivity contribution is -0.137. The molecule has 0 radical (unpaired) electrons. The number of aliphatic hydroxyl groups is 1. The average Bonchev–Trinajstić information content (AvgIpc) is 3.41. The number of amides is 1. The van der Waals surface area contributed by atoms with Crippen molar-refractivity contribution < 1.29 is 36.6 Å². The fraction of sp³-hybridized carbons (Fsp3) is 0.483. The highest BCUT2D eigenvalue weighted by atomic mass is 32.2. The van der Waals surface area contributed by atoms with Crippen molar-refractivity contribution in [2.75, 3.05) is 6.54 Å². The molecule has 3 aromatic rings. The fourth-order valence-electron chi connectivity index (χ4n) is 4.77. The van der Waals surface area contributed by atoms with Gasteiger partial charge in [-0.1, -0.05) is 58.7 Å². The molecule has 2 heterocycles. The Morgan fingerprint density at radius 2 is 1.77 bits per heavy atom.